The van der Waals surface area contributed by atoms with E-state index in [-0.39, 0.29) is 5.91 Å². The summed E-state index contributed by atoms with van der Waals surface area (Å²) in [5, 5.41) is 15.5. The van der Waals surface area contributed by atoms with Crippen molar-refractivity contribution in [3.63, 3.8) is 0 Å². The van der Waals surface area contributed by atoms with E-state index in [9.17, 15) is 18.0 Å². The maximum atomic E-state index is 12.6. The maximum absolute atomic E-state index is 12.6. The van der Waals surface area contributed by atoms with Crippen LogP contribution in [-0.4, -0.2) is 32.1 Å². The molecule has 2 aromatic rings. The average Bonchev–Trinajstić information content (AvgIpc) is 3.02. The van der Waals surface area contributed by atoms with Crippen LogP contribution in [0.1, 0.15) is 41.7 Å². The molecule has 24 heavy (non-hydrogen) atoms. The zero-order valence-corrected chi connectivity index (χ0v) is 14.5. The number of hydrogen-bond donors (Lipinski definition) is 1. The standard InChI is InChI=1S/C14H18F3N5OS/c1-5-10-19-20-13(24-10)18-12(23)7(2)11-8(3)21-22(9(11)4)6-14(15,16)17/h7H,5-6H2,1-4H3,(H,18,20,23). The second-order valence-corrected chi connectivity index (χ2v) is 6.48. The number of halogens is 3. The van der Waals surface area contributed by atoms with E-state index in [4.69, 9.17) is 0 Å². The Bertz CT molecular complexity index is 737. The van der Waals surface area contributed by atoms with Crippen molar-refractivity contribution < 1.29 is 18.0 Å². The van der Waals surface area contributed by atoms with Crippen LogP contribution in [0.25, 0.3) is 0 Å². The van der Waals surface area contributed by atoms with Crippen molar-refractivity contribution in [3.8, 4) is 0 Å². The smallest absolute Gasteiger partial charge is 0.300 e. The van der Waals surface area contributed by atoms with Gasteiger partial charge in [-0.3, -0.25) is 14.8 Å². The second-order valence-electron chi connectivity index (χ2n) is 5.42. The number of hydrogen-bond acceptors (Lipinski definition) is 5. The molecule has 0 saturated carbocycles. The summed E-state index contributed by atoms with van der Waals surface area (Å²) in [6, 6.07) is 0. The van der Waals surface area contributed by atoms with Gasteiger partial charge in [-0.15, -0.1) is 10.2 Å². The minimum atomic E-state index is -4.37. The molecule has 0 radical (unpaired) electrons. The van der Waals surface area contributed by atoms with E-state index in [0.29, 0.717) is 28.5 Å². The van der Waals surface area contributed by atoms with Crippen LogP contribution in [0.5, 0.6) is 0 Å². The lowest BCUT2D eigenvalue weighted by Gasteiger charge is -2.12. The van der Waals surface area contributed by atoms with Crippen molar-refractivity contribution >= 4 is 22.4 Å². The molecule has 1 unspecified atom stereocenters. The summed E-state index contributed by atoms with van der Waals surface area (Å²) in [6.45, 7) is 5.51. The highest BCUT2D eigenvalue weighted by Gasteiger charge is 2.31. The van der Waals surface area contributed by atoms with Gasteiger partial charge in [0.2, 0.25) is 11.0 Å². The van der Waals surface area contributed by atoms with Gasteiger partial charge in [0.25, 0.3) is 0 Å². The number of aromatic nitrogens is 4. The first kappa shape index (κ1) is 18.4. The predicted octanol–water partition coefficient (Wildman–Crippen LogP) is 3.22. The molecule has 0 aliphatic heterocycles. The SMILES string of the molecule is CCc1nnc(NC(=O)C(C)c2c(C)nn(CC(F)(F)F)c2C)s1. The number of amides is 1. The van der Waals surface area contributed by atoms with Crippen molar-refractivity contribution in [1.29, 1.82) is 0 Å². The normalized spacial score (nSPS) is 13.1. The molecule has 0 aromatic carbocycles. The second kappa shape index (κ2) is 6.88. The average molecular weight is 361 g/mol. The molecule has 1 atom stereocenters. The zero-order valence-electron chi connectivity index (χ0n) is 13.7. The number of nitrogens with zero attached hydrogens (tertiary/aromatic N) is 4. The monoisotopic (exact) mass is 361 g/mol. The van der Waals surface area contributed by atoms with E-state index in [2.05, 4.69) is 20.6 Å². The molecule has 2 rings (SSSR count). The lowest BCUT2D eigenvalue weighted by molar-refractivity contribution is -0.142. The van der Waals surface area contributed by atoms with E-state index in [1.807, 2.05) is 6.92 Å². The predicted molar refractivity (Wildman–Crippen MR) is 84.1 cm³/mol. The molecule has 0 fully saturated rings. The fourth-order valence-corrected chi connectivity index (χ4v) is 3.14. The van der Waals surface area contributed by atoms with Gasteiger partial charge < -0.3 is 0 Å². The van der Waals surface area contributed by atoms with Gasteiger partial charge >= 0.3 is 6.18 Å². The molecule has 1 N–H and O–H groups in total. The van der Waals surface area contributed by atoms with Crippen LogP contribution in [0.15, 0.2) is 0 Å². The van der Waals surface area contributed by atoms with Crippen molar-refractivity contribution in [3.05, 3.63) is 22.0 Å². The number of carbonyl (C=O) groups is 1. The van der Waals surface area contributed by atoms with Gasteiger partial charge in [-0.1, -0.05) is 18.3 Å². The number of anilines is 1. The van der Waals surface area contributed by atoms with E-state index in [0.717, 1.165) is 9.69 Å². The number of aryl methyl sites for hydroxylation is 2. The first-order valence-electron chi connectivity index (χ1n) is 7.36. The molecule has 132 valence electrons. The first-order valence-corrected chi connectivity index (χ1v) is 8.18. The molecule has 0 spiro atoms. The van der Waals surface area contributed by atoms with Crippen LogP contribution in [0.2, 0.25) is 0 Å². The first-order chi connectivity index (χ1) is 11.1. The lowest BCUT2D eigenvalue weighted by Crippen LogP contribution is -2.21. The van der Waals surface area contributed by atoms with Crippen molar-refractivity contribution in [2.45, 2.75) is 52.8 Å². The summed E-state index contributed by atoms with van der Waals surface area (Å²) in [5.74, 6) is -1.01. The van der Waals surface area contributed by atoms with E-state index >= 15 is 0 Å². The highest BCUT2D eigenvalue weighted by molar-refractivity contribution is 7.15. The summed E-state index contributed by atoms with van der Waals surface area (Å²) in [6.07, 6.45) is -3.65. The highest BCUT2D eigenvalue weighted by atomic mass is 32.1. The molecule has 0 aliphatic carbocycles. The van der Waals surface area contributed by atoms with Gasteiger partial charge in [-0.2, -0.15) is 18.3 Å². The van der Waals surface area contributed by atoms with E-state index in [1.54, 1.807) is 13.8 Å². The lowest BCUT2D eigenvalue weighted by atomic mass is 9.98. The van der Waals surface area contributed by atoms with E-state index < -0.39 is 18.6 Å². The zero-order chi connectivity index (χ0) is 18.1. The Morgan fingerprint density at radius 3 is 2.54 bits per heavy atom. The highest BCUT2D eigenvalue weighted by Crippen LogP contribution is 2.27. The molecule has 10 heteroatoms. The third kappa shape index (κ3) is 4.11. The van der Waals surface area contributed by atoms with Gasteiger partial charge in [0.1, 0.15) is 11.6 Å². The Morgan fingerprint density at radius 2 is 2.00 bits per heavy atom. The van der Waals surface area contributed by atoms with Crippen molar-refractivity contribution in [1.82, 2.24) is 20.0 Å². The summed E-state index contributed by atoms with van der Waals surface area (Å²) in [7, 11) is 0. The third-order valence-electron chi connectivity index (χ3n) is 3.59. The Balaban J connectivity index is 2.19. The third-order valence-corrected chi connectivity index (χ3v) is 4.58. The molecular weight excluding hydrogens is 343 g/mol. The molecule has 2 aromatic heterocycles. The van der Waals surface area contributed by atoms with E-state index in [1.165, 1.54) is 18.3 Å². The van der Waals surface area contributed by atoms with Crippen LogP contribution in [0, 0.1) is 13.8 Å². The van der Waals surface area contributed by atoms with Crippen LogP contribution in [-0.2, 0) is 17.8 Å². The number of alkyl halides is 3. The maximum Gasteiger partial charge on any atom is 0.408 e. The minimum Gasteiger partial charge on any atom is -0.300 e. The Labute approximate surface area is 141 Å². The minimum absolute atomic E-state index is 0.332. The van der Waals surface area contributed by atoms with Crippen LogP contribution in [0.4, 0.5) is 18.3 Å². The van der Waals surface area contributed by atoms with Crippen LogP contribution in [0.3, 0.4) is 0 Å². The van der Waals surface area contributed by atoms with Crippen LogP contribution < -0.4 is 5.32 Å². The largest absolute Gasteiger partial charge is 0.408 e. The fraction of sp³-hybridized carbons (Fsp3) is 0.571. The number of carbonyl (C=O) groups excluding carboxylic acids is 1. The molecule has 0 saturated heterocycles. The molecule has 2 heterocycles. The van der Waals surface area contributed by atoms with Gasteiger partial charge in [-0.05, 0) is 27.2 Å². The summed E-state index contributed by atoms with van der Waals surface area (Å²) >= 11 is 1.27. The van der Waals surface area contributed by atoms with Crippen molar-refractivity contribution in [2.75, 3.05) is 5.32 Å². The Hall–Kier alpha value is -1.97. The fourth-order valence-electron chi connectivity index (χ4n) is 2.45. The van der Waals surface area contributed by atoms with Crippen LogP contribution >= 0.6 is 11.3 Å². The number of nitrogens with one attached hydrogen (secondary N) is 1. The summed E-state index contributed by atoms with van der Waals surface area (Å²) in [5.41, 5.74) is 1.24. The molecule has 0 bridgehead atoms. The van der Waals surface area contributed by atoms with Gasteiger partial charge in [-0.25, -0.2) is 0 Å². The number of rotatable bonds is 5. The van der Waals surface area contributed by atoms with Crippen molar-refractivity contribution in [2.24, 2.45) is 0 Å². The Kier molecular flexibility index (Phi) is 5.26. The molecular formula is C14H18F3N5OS. The molecule has 1 amide bonds. The Morgan fingerprint density at radius 1 is 1.33 bits per heavy atom. The molecule has 0 aliphatic rings. The van der Waals surface area contributed by atoms with Gasteiger partial charge in [0.05, 0.1) is 11.6 Å². The summed E-state index contributed by atoms with van der Waals surface area (Å²) < 4.78 is 38.7. The topological polar surface area (TPSA) is 72.7 Å². The van der Waals surface area contributed by atoms with Gasteiger partial charge in [0, 0.05) is 11.3 Å². The molecule has 6 nitrogen and oxygen atoms in total. The quantitative estimate of drug-likeness (QED) is 0.887. The summed E-state index contributed by atoms with van der Waals surface area (Å²) in [4.78, 5) is 12.4. The van der Waals surface area contributed by atoms with Gasteiger partial charge in [0.15, 0.2) is 0 Å².